The number of aromatic amines is 1. The maximum atomic E-state index is 15.5. The molecule has 0 bridgehead atoms. The first kappa shape index (κ1) is 34.5. The molecule has 51 heavy (non-hydrogen) atoms. The first-order chi connectivity index (χ1) is 24.8. The standard InChI is InChI=1S/C38H33F2N5O6/c1-2-50-32-14-17-45(28-9-6-26(39)7-10-28)38(48)34(32)36(46)43-27-8-11-31(30(40)23-27)51-33(12-15-41)35-29(13-16-42-35)24-4-3-5-25(22-24)37(47)44-18-20-49-21-19-44/h3-17,22-23,41-42H,2,18-21H2,1H3,(H,43,46)/b33-12+,41-15?. The Kier molecular flexibility index (Phi) is 10.5. The molecule has 5 aromatic rings. The van der Waals surface area contributed by atoms with Gasteiger partial charge in [0.05, 0.1) is 25.5 Å². The van der Waals surface area contributed by atoms with Crippen LogP contribution in [0.2, 0.25) is 0 Å². The Morgan fingerprint density at radius 2 is 1.78 bits per heavy atom. The van der Waals surface area contributed by atoms with Crippen LogP contribution in [0.25, 0.3) is 22.6 Å². The third-order valence-corrected chi connectivity index (χ3v) is 8.04. The number of halogens is 2. The van der Waals surface area contributed by atoms with E-state index in [-0.39, 0.29) is 41.0 Å². The number of H-pyrrole nitrogens is 1. The van der Waals surface area contributed by atoms with Crippen LogP contribution in [0.3, 0.4) is 0 Å². The lowest BCUT2D eigenvalue weighted by molar-refractivity contribution is 0.0303. The number of hydrogen-bond acceptors (Lipinski definition) is 7. The van der Waals surface area contributed by atoms with Crippen molar-refractivity contribution in [2.45, 2.75) is 6.92 Å². The van der Waals surface area contributed by atoms with Crippen LogP contribution in [0.1, 0.15) is 33.3 Å². The molecule has 0 saturated carbocycles. The highest BCUT2D eigenvalue weighted by atomic mass is 19.1. The molecule has 260 valence electrons. The minimum absolute atomic E-state index is 0.0259. The smallest absolute Gasteiger partial charge is 0.271 e. The third kappa shape index (κ3) is 7.63. The van der Waals surface area contributed by atoms with Crippen LogP contribution in [0, 0.1) is 17.0 Å². The van der Waals surface area contributed by atoms with Crippen molar-refractivity contribution in [3.63, 3.8) is 0 Å². The lowest BCUT2D eigenvalue weighted by Gasteiger charge is -2.27. The van der Waals surface area contributed by atoms with E-state index in [4.69, 9.17) is 19.6 Å². The van der Waals surface area contributed by atoms with Crippen LogP contribution in [0.15, 0.2) is 102 Å². The summed E-state index contributed by atoms with van der Waals surface area (Å²) < 4.78 is 47.1. The second kappa shape index (κ2) is 15.5. The van der Waals surface area contributed by atoms with Gasteiger partial charge in [0.15, 0.2) is 17.3 Å². The lowest BCUT2D eigenvalue weighted by Crippen LogP contribution is -2.40. The molecule has 0 atom stereocenters. The van der Waals surface area contributed by atoms with E-state index in [1.807, 2.05) is 6.07 Å². The normalized spacial score (nSPS) is 13.1. The summed E-state index contributed by atoms with van der Waals surface area (Å²) in [5.41, 5.74) is 1.62. The minimum Gasteiger partial charge on any atom is -0.493 e. The summed E-state index contributed by atoms with van der Waals surface area (Å²) >= 11 is 0. The first-order valence-electron chi connectivity index (χ1n) is 16.1. The van der Waals surface area contributed by atoms with E-state index >= 15 is 4.39 Å². The van der Waals surface area contributed by atoms with Crippen molar-refractivity contribution in [3.8, 4) is 28.3 Å². The van der Waals surface area contributed by atoms with Crippen molar-refractivity contribution < 1.29 is 32.6 Å². The Morgan fingerprint density at radius 1 is 1.00 bits per heavy atom. The number of nitrogens with one attached hydrogen (secondary N) is 3. The van der Waals surface area contributed by atoms with Gasteiger partial charge in [-0.2, -0.15) is 0 Å². The summed E-state index contributed by atoms with van der Waals surface area (Å²) in [5.74, 6) is -2.33. The molecule has 2 amide bonds. The topological polar surface area (TPSA) is 139 Å². The predicted octanol–water partition coefficient (Wildman–Crippen LogP) is 6.30. The van der Waals surface area contributed by atoms with Crippen molar-refractivity contribution in [1.82, 2.24) is 14.5 Å². The van der Waals surface area contributed by atoms with Crippen molar-refractivity contribution in [3.05, 3.63) is 136 Å². The van der Waals surface area contributed by atoms with Gasteiger partial charge in [-0.1, -0.05) is 12.1 Å². The van der Waals surface area contributed by atoms with Gasteiger partial charge in [-0.15, -0.1) is 0 Å². The van der Waals surface area contributed by atoms with Crippen LogP contribution >= 0.6 is 0 Å². The molecule has 3 heterocycles. The maximum Gasteiger partial charge on any atom is 0.271 e. The zero-order valence-corrected chi connectivity index (χ0v) is 27.5. The SMILES string of the molecule is CCOc1ccn(-c2ccc(F)cc2)c(=O)c1C(=O)Nc1ccc(O/C(=C/C=N)c2[nH]ccc2-c2cccc(C(=O)N3CCOCC3)c2)c(F)c1. The van der Waals surface area contributed by atoms with Crippen LogP contribution < -0.4 is 20.3 Å². The number of pyridine rings is 1. The number of anilines is 1. The van der Waals surface area contributed by atoms with Gasteiger partial charge in [-0.3, -0.25) is 19.0 Å². The maximum absolute atomic E-state index is 15.5. The van der Waals surface area contributed by atoms with Gasteiger partial charge < -0.3 is 34.8 Å². The van der Waals surface area contributed by atoms with Gasteiger partial charge >= 0.3 is 0 Å². The molecule has 0 spiro atoms. The second-order valence-corrected chi connectivity index (χ2v) is 11.3. The number of carbonyl (C=O) groups is 2. The number of allylic oxidation sites excluding steroid dienone is 1. The number of morpholine rings is 1. The Morgan fingerprint density at radius 3 is 2.51 bits per heavy atom. The van der Waals surface area contributed by atoms with Crippen LogP contribution in [-0.4, -0.2) is 65.4 Å². The lowest BCUT2D eigenvalue weighted by atomic mass is 10.0. The molecule has 3 N–H and O–H groups in total. The summed E-state index contributed by atoms with van der Waals surface area (Å²) in [6.07, 6.45) is 5.44. The molecule has 11 nitrogen and oxygen atoms in total. The largest absolute Gasteiger partial charge is 0.493 e. The summed E-state index contributed by atoms with van der Waals surface area (Å²) in [4.78, 5) is 44.8. The second-order valence-electron chi connectivity index (χ2n) is 11.3. The molecule has 3 aromatic carbocycles. The molecule has 1 aliphatic heterocycles. The van der Waals surface area contributed by atoms with Crippen molar-refractivity contribution in [2.24, 2.45) is 0 Å². The van der Waals surface area contributed by atoms with E-state index in [1.54, 1.807) is 42.3 Å². The Balaban J connectivity index is 1.23. The van der Waals surface area contributed by atoms with E-state index < -0.39 is 23.1 Å². The highest BCUT2D eigenvalue weighted by Gasteiger charge is 2.23. The number of ether oxygens (including phenoxy) is 3. The van der Waals surface area contributed by atoms with E-state index in [0.717, 1.165) is 12.3 Å². The molecule has 1 aliphatic rings. The van der Waals surface area contributed by atoms with Gasteiger partial charge in [0.1, 0.15) is 17.1 Å². The number of carbonyl (C=O) groups excluding carboxylic acids is 2. The minimum atomic E-state index is -0.845. The average molecular weight is 694 g/mol. The summed E-state index contributed by atoms with van der Waals surface area (Å²) in [6.45, 7) is 3.84. The number of benzene rings is 3. The molecular weight excluding hydrogens is 660 g/mol. The van der Waals surface area contributed by atoms with Gasteiger partial charge in [0, 0.05) is 66.3 Å². The molecule has 1 fully saturated rings. The van der Waals surface area contributed by atoms with E-state index in [9.17, 15) is 18.8 Å². The molecule has 1 saturated heterocycles. The molecule has 2 aromatic heterocycles. The number of amides is 2. The van der Waals surface area contributed by atoms with Gasteiger partial charge in [-0.05, 0) is 73.2 Å². The average Bonchev–Trinajstić information content (AvgIpc) is 3.63. The number of aromatic nitrogens is 2. The Bertz CT molecular complexity index is 2170. The summed E-state index contributed by atoms with van der Waals surface area (Å²) in [5, 5.41) is 10.3. The van der Waals surface area contributed by atoms with Crippen LogP contribution in [-0.2, 0) is 4.74 Å². The zero-order chi connectivity index (χ0) is 35.9. The molecule has 6 rings (SSSR count). The number of nitrogens with zero attached hydrogens (tertiary/aromatic N) is 2. The number of rotatable bonds is 11. The van der Waals surface area contributed by atoms with Crippen LogP contribution in [0.4, 0.5) is 14.5 Å². The van der Waals surface area contributed by atoms with Crippen molar-refractivity contribution >= 4 is 29.5 Å². The molecule has 0 unspecified atom stereocenters. The van der Waals surface area contributed by atoms with Gasteiger partial charge in [0.25, 0.3) is 17.4 Å². The monoisotopic (exact) mass is 693 g/mol. The fraction of sp³-hybridized carbons (Fsp3) is 0.158. The van der Waals surface area contributed by atoms with Gasteiger partial charge in [0.2, 0.25) is 0 Å². The highest BCUT2D eigenvalue weighted by molar-refractivity contribution is 6.06. The van der Waals surface area contributed by atoms with Crippen molar-refractivity contribution in [1.29, 1.82) is 5.41 Å². The Labute approximate surface area is 291 Å². The van der Waals surface area contributed by atoms with Crippen molar-refractivity contribution in [2.75, 3.05) is 38.2 Å². The van der Waals surface area contributed by atoms with E-state index in [2.05, 4.69) is 10.3 Å². The predicted molar refractivity (Wildman–Crippen MR) is 188 cm³/mol. The highest BCUT2D eigenvalue weighted by Crippen LogP contribution is 2.32. The fourth-order valence-electron chi connectivity index (χ4n) is 5.61. The summed E-state index contributed by atoms with van der Waals surface area (Å²) in [6, 6.07) is 19.3. The molecule has 13 heteroatoms. The quantitative estimate of drug-likeness (QED) is 0.110. The third-order valence-electron chi connectivity index (χ3n) is 8.04. The molecule has 0 radical (unpaired) electrons. The molecule has 0 aliphatic carbocycles. The Hall–Kier alpha value is -6.34. The fourth-order valence-corrected chi connectivity index (χ4v) is 5.61. The first-order valence-corrected chi connectivity index (χ1v) is 16.1. The van der Waals surface area contributed by atoms with E-state index in [0.29, 0.717) is 54.4 Å². The summed E-state index contributed by atoms with van der Waals surface area (Å²) in [7, 11) is 0. The zero-order valence-electron chi connectivity index (χ0n) is 27.5. The van der Waals surface area contributed by atoms with Crippen LogP contribution in [0.5, 0.6) is 11.5 Å². The number of hydrogen-bond donors (Lipinski definition) is 3. The van der Waals surface area contributed by atoms with E-state index in [1.165, 1.54) is 59.3 Å². The van der Waals surface area contributed by atoms with Gasteiger partial charge in [-0.25, -0.2) is 8.78 Å². The molecular formula is C38H33F2N5O6.